The summed E-state index contributed by atoms with van der Waals surface area (Å²) in [5.74, 6) is 0.878. The van der Waals surface area contributed by atoms with Crippen molar-refractivity contribution in [1.29, 1.82) is 0 Å². The Hall–Kier alpha value is -1.55. The first kappa shape index (κ1) is 12.9. The molecule has 0 fully saturated rings. The van der Waals surface area contributed by atoms with E-state index >= 15 is 0 Å². The molecule has 0 bridgehead atoms. The fourth-order valence-electron chi connectivity index (χ4n) is 1.85. The monoisotopic (exact) mass is 307 g/mol. The Morgan fingerprint density at radius 3 is 2.83 bits per heavy atom. The van der Waals surface area contributed by atoms with Crippen LogP contribution < -0.4 is 4.74 Å². The Morgan fingerprint density at radius 1 is 1.39 bits per heavy atom. The molecule has 0 saturated heterocycles. The zero-order valence-corrected chi connectivity index (χ0v) is 11.9. The molecule has 0 spiro atoms. The smallest absolute Gasteiger partial charge is 0.176 e. The highest BCUT2D eigenvalue weighted by atomic mass is 79.9. The van der Waals surface area contributed by atoms with E-state index in [0.29, 0.717) is 12.2 Å². The first-order valence-electron chi connectivity index (χ1n) is 5.60. The minimum atomic E-state index is 0.0685. The maximum Gasteiger partial charge on any atom is 0.176 e. The highest BCUT2D eigenvalue weighted by Crippen LogP contribution is 2.23. The number of carbonyl (C=O) groups excluding carboxylic acids is 1. The standard InChI is InChI=1S/C14H14BrNO2/c1-10(17)14-4-3-7-16(14)9-11-8-12(18-2)5-6-13(11)15/h3-8H,9H2,1-2H3. The summed E-state index contributed by atoms with van der Waals surface area (Å²) in [7, 11) is 1.64. The number of benzene rings is 1. The van der Waals surface area contributed by atoms with Crippen LogP contribution >= 0.6 is 15.9 Å². The normalized spacial score (nSPS) is 10.4. The zero-order valence-electron chi connectivity index (χ0n) is 10.3. The molecule has 0 N–H and O–H groups in total. The summed E-state index contributed by atoms with van der Waals surface area (Å²) in [5, 5.41) is 0. The first-order valence-corrected chi connectivity index (χ1v) is 6.39. The molecule has 0 saturated carbocycles. The van der Waals surface area contributed by atoms with Crippen LogP contribution in [0.2, 0.25) is 0 Å². The van der Waals surface area contributed by atoms with Crippen LogP contribution in [0.25, 0.3) is 0 Å². The van der Waals surface area contributed by atoms with Crippen LogP contribution in [0.3, 0.4) is 0 Å². The Kier molecular flexibility index (Phi) is 3.87. The summed E-state index contributed by atoms with van der Waals surface area (Å²) in [6.45, 7) is 2.21. The van der Waals surface area contributed by atoms with Crippen molar-refractivity contribution in [2.45, 2.75) is 13.5 Å². The predicted molar refractivity (Wildman–Crippen MR) is 74.2 cm³/mol. The molecule has 0 aliphatic rings. The van der Waals surface area contributed by atoms with Crippen LogP contribution in [-0.2, 0) is 6.54 Å². The number of Topliss-reactive ketones (excluding diaryl/α,β-unsaturated/α-hetero) is 1. The van der Waals surface area contributed by atoms with Crippen LogP contribution in [0, 0.1) is 0 Å². The average molecular weight is 308 g/mol. The molecule has 4 heteroatoms. The fraction of sp³-hybridized carbons (Fsp3) is 0.214. The third-order valence-electron chi connectivity index (χ3n) is 2.78. The van der Waals surface area contributed by atoms with E-state index in [1.165, 1.54) is 0 Å². The van der Waals surface area contributed by atoms with Gasteiger partial charge in [-0.1, -0.05) is 15.9 Å². The number of hydrogen-bond acceptors (Lipinski definition) is 2. The van der Waals surface area contributed by atoms with E-state index in [1.807, 2.05) is 41.1 Å². The number of hydrogen-bond donors (Lipinski definition) is 0. The number of rotatable bonds is 4. The lowest BCUT2D eigenvalue weighted by atomic mass is 10.2. The number of ketones is 1. The van der Waals surface area contributed by atoms with E-state index in [-0.39, 0.29) is 5.78 Å². The van der Waals surface area contributed by atoms with Crippen molar-refractivity contribution in [3.8, 4) is 5.75 Å². The minimum Gasteiger partial charge on any atom is -0.497 e. The Balaban J connectivity index is 2.33. The molecular formula is C14H14BrNO2. The van der Waals surface area contributed by atoms with Crippen LogP contribution in [0.15, 0.2) is 41.0 Å². The van der Waals surface area contributed by atoms with Crippen molar-refractivity contribution in [3.05, 3.63) is 52.3 Å². The summed E-state index contributed by atoms with van der Waals surface area (Å²) in [6.07, 6.45) is 1.91. The highest BCUT2D eigenvalue weighted by Gasteiger charge is 2.08. The maximum atomic E-state index is 11.5. The zero-order chi connectivity index (χ0) is 13.1. The van der Waals surface area contributed by atoms with Gasteiger partial charge < -0.3 is 9.30 Å². The van der Waals surface area contributed by atoms with E-state index in [4.69, 9.17) is 4.74 Å². The van der Waals surface area contributed by atoms with Gasteiger partial charge in [-0.05, 0) is 35.9 Å². The molecule has 0 aliphatic carbocycles. The highest BCUT2D eigenvalue weighted by molar-refractivity contribution is 9.10. The molecule has 18 heavy (non-hydrogen) atoms. The fourth-order valence-corrected chi connectivity index (χ4v) is 2.23. The number of aromatic nitrogens is 1. The van der Waals surface area contributed by atoms with Crippen molar-refractivity contribution in [2.24, 2.45) is 0 Å². The van der Waals surface area contributed by atoms with Gasteiger partial charge in [-0.3, -0.25) is 4.79 Å². The molecule has 3 nitrogen and oxygen atoms in total. The van der Waals surface area contributed by atoms with Gasteiger partial charge in [-0.25, -0.2) is 0 Å². The number of methoxy groups -OCH3 is 1. The lowest BCUT2D eigenvalue weighted by molar-refractivity contribution is 0.100. The van der Waals surface area contributed by atoms with Gasteiger partial charge in [-0.2, -0.15) is 0 Å². The van der Waals surface area contributed by atoms with Gasteiger partial charge in [0, 0.05) is 24.1 Å². The molecule has 0 amide bonds. The van der Waals surface area contributed by atoms with Crippen LogP contribution in [0.1, 0.15) is 23.0 Å². The third-order valence-corrected chi connectivity index (χ3v) is 3.56. The molecule has 0 aliphatic heterocycles. The van der Waals surface area contributed by atoms with Crippen LogP contribution in [0.5, 0.6) is 5.75 Å². The van der Waals surface area contributed by atoms with E-state index in [2.05, 4.69) is 15.9 Å². The van der Waals surface area contributed by atoms with Crippen molar-refractivity contribution < 1.29 is 9.53 Å². The molecule has 1 aromatic heterocycles. The van der Waals surface area contributed by atoms with Gasteiger partial charge in [0.15, 0.2) is 5.78 Å². The minimum absolute atomic E-state index is 0.0685. The van der Waals surface area contributed by atoms with Gasteiger partial charge >= 0.3 is 0 Å². The molecule has 1 heterocycles. The van der Waals surface area contributed by atoms with E-state index in [0.717, 1.165) is 15.8 Å². The third kappa shape index (κ3) is 2.64. The molecule has 0 radical (unpaired) electrons. The molecule has 1 aromatic carbocycles. The van der Waals surface area contributed by atoms with Crippen molar-refractivity contribution in [3.63, 3.8) is 0 Å². The molecular weight excluding hydrogens is 294 g/mol. The molecule has 2 aromatic rings. The lowest BCUT2D eigenvalue weighted by Crippen LogP contribution is -2.07. The molecule has 0 unspecified atom stereocenters. The number of halogens is 1. The van der Waals surface area contributed by atoms with Gasteiger partial charge in [0.05, 0.1) is 12.8 Å². The first-order chi connectivity index (χ1) is 8.61. The van der Waals surface area contributed by atoms with E-state index in [1.54, 1.807) is 14.0 Å². The van der Waals surface area contributed by atoms with Crippen molar-refractivity contribution >= 4 is 21.7 Å². The average Bonchev–Trinajstić information content (AvgIpc) is 2.80. The van der Waals surface area contributed by atoms with Crippen molar-refractivity contribution in [1.82, 2.24) is 4.57 Å². The SMILES string of the molecule is COc1ccc(Br)c(Cn2cccc2C(C)=O)c1. The largest absolute Gasteiger partial charge is 0.497 e. The summed E-state index contributed by atoms with van der Waals surface area (Å²) in [5.41, 5.74) is 1.79. The Bertz CT molecular complexity index is 575. The van der Waals surface area contributed by atoms with Gasteiger partial charge in [0.1, 0.15) is 5.75 Å². The molecule has 0 atom stereocenters. The van der Waals surface area contributed by atoms with Crippen molar-refractivity contribution in [2.75, 3.05) is 7.11 Å². The van der Waals surface area contributed by atoms with Crippen LogP contribution in [0.4, 0.5) is 0 Å². The second-order valence-corrected chi connectivity index (χ2v) is 4.89. The number of carbonyl (C=O) groups is 1. The summed E-state index contributed by atoms with van der Waals surface area (Å²) in [4.78, 5) is 11.5. The van der Waals surface area contributed by atoms with Gasteiger partial charge in [0.2, 0.25) is 0 Å². The second kappa shape index (κ2) is 5.40. The van der Waals surface area contributed by atoms with E-state index < -0.39 is 0 Å². The topological polar surface area (TPSA) is 31.2 Å². The quantitative estimate of drug-likeness (QED) is 0.809. The predicted octanol–water partition coefficient (Wildman–Crippen LogP) is 3.51. The number of nitrogens with zero attached hydrogens (tertiary/aromatic N) is 1. The maximum absolute atomic E-state index is 11.5. The summed E-state index contributed by atoms with van der Waals surface area (Å²) >= 11 is 3.51. The Morgan fingerprint density at radius 2 is 2.17 bits per heavy atom. The van der Waals surface area contributed by atoms with Crippen LogP contribution in [-0.4, -0.2) is 17.5 Å². The number of ether oxygens (including phenoxy) is 1. The summed E-state index contributed by atoms with van der Waals surface area (Å²) < 4.78 is 8.15. The lowest BCUT2D eigenvalue weighted by Gasteiger charge is -2.10. The van der Waals surface area contributed by atoms with E-state index in [9.17, 15) is 4.79 Å². The van der Waals surface area contributed by atoms with Gasteiger partial charge in [0.25, 0.3) is 0 Å². The summed E-state index contributed by atoms with van der Waals surface area (Å²) in [6, 6.07) is 9.52. The second-order valence-electron chi connectivity index (χ2n) is 4.03. The Labute approximate surface area is 115 Å². The van der Waals surface area contributed by atoms with Gasteiger partial charge in [-0.15, -0.1) is 0 Å². The molecule has 2 rings (SSSR count). The molecule has 94 valence electrons.